The quantitative estimate of drug-likeness (QED) is 0.402. The van der Waals surface area contributed by atoms with Crippen molar-refractivity contribution in [3.8, 4) is 0 Å². The van der Waals surface area contributed by atoms with Crippen LogP contribution in [0.3, 0.4) is 0 Å². The standard InChI is InChI=1S/C28H29ClN4O4/c1-16-23-25(31-37-16)24-21(29)13-8-14-22(24)33(28(23)36)20-12-7-11-19(15-20)30-27(35)26(32(3)17(2)34)18-9-5-4-6-10-18/h4-6,8-10,13-14,19-20,26H,7,11-12,15H2,1-3H3,(H,30,35)/t19-,20+,26+/m1/s1. The lowest BCUT2D eigenvalue weighted by molar-refractivity contribution is -0.138. The van der Waals surface area contributed by atoms with Crippen molar-refractivity contribution in [1.29, 1.82) is 0 Å². The third-order valence-corrected chi connectivity index (χ3v) is 7.70. The molecule has 0 spiro atoms. The van der Waals surface area contributed by atoms with Crippen LogP contribution in [0.25, 0.3) is 21.8 Å². The highest BCUT2D eigenvalue weighted by molar-refractivity contribution is 6.37. The van der Waals surface area contributed by atoms with E-state index in [9.17, 15) is 14.4 Å². The molecule has 0 saturated heterocycles. The Morgan fingerprint density at radius 1 is 1.14 bits per heavy atom. The molecule has 0 bridgehead atoms. The van der Waals surface area contributed by atoms with E-state index < -0.39 is 6.04 Å². The number of rotatable bonds is 5. The fourth-order valence-corrected chi connectivity index (χ4v) is 5.77. The van der Waals surface area contributed by atoms with E-state index in [1.807, 2.05) is 42.5 Å². The van der Waals surface area contributed by atoms with E-state index in [1.165, 1.54) is 11.8 Å². The lowest BCUT2D eigenvalue weighted by atomic mass is 9.89. The summed E-state index contributed by atoms with van der Waals surface area (Å²) < 4.78 is 7.17. The van der Waals surface area contributed by atoms with Crippen LogP contribution in [0.2, 0.25) is 5.02 Å². The Labute approximate surface area is 219 Å². The summed E-state index contributed by atoms with van der Waals surface area (Å²) in [4.78, 5) is 40.8. The van der Waals surface area contributed by atoms with Crippen LogP contribution in [0, 0.1) is 6.92 Å². The number of aromatic nitrogens is 2. The summed E-state index contributed by atoms with van der Waals surface area (Å²) in [6.07, 6.45) is 2.99. The second kappa shape index (κ2) is 10.0. The molecule has 0 unspecified atom stereocenters. The lowest BCUT2D eigenvalue weighted by Crippen LogP contribution is -2.46. The molecule has 37 heavy (non-hydrogen) atoms. The van der Waals surface area contributed by atoms with Crippen LogP contribution in [0.4, 0.5) is 0 Å². The number of nitrogens with zero attached hydrogens (tertiary/aromatic N) is 3. The number of halogens is 1. The molecule has 1 N–H and O–H groups in total. The molecule has 4 aromatic rings. The van der Waals surface area contributed by atoms with E-state index in [-0.39, 0.29) is 29.5 Å². The van der Waals surface area contributed by atoms with Gasteiger partial charge in [0.2, 0.25) is 11.8 Å². The van der Waals surface area contributed by atoms with Gasteiger partial charge in [0.15, 0.2) is 0 Å². The molecule has 9 heteroatoms. The normalized spacial score (nSPS) is 18.6. The number of pyridine rings is 1. The summed E-state index contributed by atoms with van der Waals surface area (Å²) >= 11 is 6.57. The summed E-state index contributed by atoms with van der Waals surface area (Å²) in [6, 6.07) is 13.7. The Morgan fingerprint density at radius 2 is 1.89 bits per heavy atom. The van der Waals surface area contributed by atoms with Gasteiger partial charge in [0, 0.05) is 31.4 Å². The van der Waals surface area contributed by atoms with Crippen LogP contribution >= 0.6 is 11.6 Å². The van der Waals surface area contributed by atoms with Gasteiger partial charge < -0.3 is 19.3 Å². The van der Waals surface area contributed by atoms with Gasteiger partial charge in [-0.2, -0.15) is 0 Å². The van der Waals surface area contributed by atoms with Crippen molar-refractivity contribution in [2.24, 2.45) is 0 Å². The van der Waals surface area contributed by atoms with Crippen LogP contribution in [0.15, 0.2) is 57.8 Å². The van der Waals surface area contributed by atoms with Crippen molar-refractivity contribution >= 4 is 45.2 Å². The minimum Gasteiger partial charge on any atom is -0.360 e. The third-order valence-electron chi connectivity index (χ3n) is 7.39. The van der Waals surface area contributed by atoms with Gasteiger partial charge in [-0.3, -0.25) is 14.4 Å². The van der Waals surface area contributed by atoms with Crippen molar-refractivity contribution in [2.45, 2.75) is 57.7 Å². The molecule has 1 fully saturated rings. The number of hydrogen-bond donors (Lipinski definition) is 1. The average Bonchev–Trinajstić information content (AvgIpc) is 3.26. The maximum absolute atomic E-state index is 13.7. The first-order valence-electron chi connectivity index (χ1n) is 12.4. The van der Waals surface area contributed by atoms with E-state index in [0.29, 0.717) is 39.0 Å². The average molecular weight is 521 g/mol. The molecule has 1 aliphatic carbocycles. The summed E-state index contributed by atoms with van der Waals surface area (Å²) in [6.45, 7) is 3.17. The van der Waals surface area contributed by atoms with Gasteiger partial charge in [0.1, 0.15) is 22.7 Å². The number of fused-ring (bicyclic) bond motifs is 3. The van der Waals surface area contributed by atoms with Crippen molar-refractivity contribution < 1.29 is 14.1 Å². The number of carbonyl (C=O) groups excluding carboxylic acids is 2. The van der Waals surface area contributed by atoms with Crippen LogP contribution in [-0.2, 0) is 9.59 Å². The Morgan fingerprint density at radius 3 is 2.62 bits per heavy atom. The monoisotopic (exact) mass is 520 g/mol. The van der Waals surface area contributed by atoms with E-state index in [0.717, 1.165) is 24.8 Å². The fourth-order valence-electron chi connectivity index (χ4n) is 5.51. The van der Waals surface area contributed by atoms with Crippen molar-refractivity contribution in [2.75, 3.05) is 7.05 Å². The molecule has 5 rings (SSSR count). The van der Waals surface area contributed by atoms with Gasteiger partial charge in [-0.05, 0) is 50.3 Å². The molecular formula is C28H29ClN4O4. The number of hydrogen-bond acceptors (Lipinski definition) is 5. The zero-order valence-corrected chi connectivity index (χ0v) is 21.8. The number of benzene rings is 2. The molecule has 2 amide bonds. The molecule has 192 valence electrons. The topological polar surface area (TPSA) is 97.4 Å². The number of aryl methyl sites for hydroxylation is 1. The largest absolute Gasteiger partial charge is 0.360 e. The van der Waals surface area contributed by atoms with Gasteiger partial charge in [-0.15, -0.1) is 0 Å². The molecule has 2 heterocycles. The Balaban J connectivity index is 1.48. The number of nitrogens with one attached hydrogen (secondary N) is 1. The SMILES string of the molecule is CC(=O)N(C)[C@H](C(=O)N[C@@H]1CCC[C@H](n2c(=O)c3c(C)onc3c3c(Cl)cccc32)C1)c1ccccc1. The number of carbonyl (C=O) groups is 2. The van der Waals surface area contributed by atoms with E-state index >= 15 is 0 Å². The van der Waals surface area contributed by atoms with Gasteiger partial charge in [0.05, 0.1) is 10.5 Å². The van der Waals surface area contributed by atoms with Crippen molar-refractivity contribution in [3.63, 3.8) is 0 Å². The minimum atomic E-state index is -0.738. The zero-order chi connectivity index (χ0) is 26.3. The van der Waals surface area contributed by atoms with Gasteiger partial charge >= 0.3 is 0 Å². The van der Waals surface area contributed by atoms with Crippen LogP contribution in [0.5, 0.6) is 0 Å². The van der Waals surface area contributed by atoms with Gasteiger partial charge in [0.25, 0.3) is 5.56 Å². The van der Waals surface area contributed by atoms with Gasteiger partial charge in [-0.1, -0.05) is 53.2 Å². The Hall–Kier alpha value is -3.65. The second-order valence-electron chi connectivity index (χ2n) is 9.74. The maximum Gasteiger partial charge on any atom is 0.264 e. The molecule has 3 atom stereocenters. The summed E-state index contributed by atoms with van der Waals surface area (Å²) in [5, 5.41) is 8.92. The molecule has 2 aromatic carbocycles. The summed E-state index contributed by atoms with van der Waals surface area (Å²) in [5.41, 5.74) is 1.75. The maximum atomic E-state index is 13.7. The van der Waals surface area contributed by atoms with Gasteiger partial charge in [-0.25, -0.2) is 0 Å². The minimum absolute atomic E-state index is 0.146. The second-order valence-corrected chi connectivity index (χ2v) is 10.1. The molecule has 2 aromatic heterocycles. The molecule has 0 radical (unpaired) electrons. The lowest BCUT2D eigenvalue weighted by Gasteiger charge is -2.34. The molecule has 1 aliphatic rings. The first kappa shape index (κ1) is 25.0. The first-order valence-corrected chi connectivity index (χ1v) is 12.8. The Bertz CT molecular complexity index is 1540. The van der Waals surface area contributed by atoms with E-state index in [4.69, 9.17) is 16.1 Å². The Kier molecular flexibility index (Phi) is 6.77. The highest BCUT2D eigenvalue weighted by Gasteiger charge is 2.32. The molecular weight excluding hydrogens is 492 g/mol. The molecule has 1 saturated carbocycles. The highest BCUT2D eigenvalue weighted by Crippen LogP contribution is 2.35. The fraction of sp³-hybridized carbons (Fsp3) is 0.357. The van der Waals surface area contributed by atoms with Crippen molar-refractivity contribution in [3.05, 3.63) is 75.2 Å². The predicted octanol–water partition coefficient (Wildman–Crippen LogP) is 4.92. The highest BCUT2D eigenvalue weighted by atomic mass is 35.5. The van der Waals surface area contributed by atoms with Crippen molar-refractivity contribution in [1.82, 2.24) is 19.9 Å². The third kappa shape index (κ3) is 4.50. The van der Waals surface area contributed by atoms with E-state index in [1.54, 1.807) is 24.6 Å². The number of likely N-dealkylation sites (N-methyl/N-ethyl adjacent to an activating group) is 1. The smallest absolute Gasteiger partial charge is 0.264 e. The van der Waals surface area contributed by atoms with E-state index in [2.05, 4.69) is 10.5 Å². The van der Waals surface area contributed by atoms with Crippen LogP contribution < -0.4 is 10.9 Å². The zero-order valence-electron chi connectivity index (χ0n) is 21.0. The van der Waals surface area contributed by atoms with Crippen LogP contribution in [0.1, 0.15) is 56.0 Å². The first-order chi connectivity index (χ1) is 17.8. The summed E-state index contributed by atoms with van der Waals surface area (Å²) in [7, 11) is 1.63. The molecule has 0 aliphatic heterocycles. The molecule has 8 nitrogen and oxygen atoms in total. The van der Waals surface area contributed by atoms with Crippen LogP contribution in [-0.4, -0.2) is 39.5 Å². The predicted molar refractivity (Wildman–Crippen MR) is 143 cm³/mol. The number of amides is 2. The summed E-state index contributed by atoms with van der Waals surface area (Å²) in [5.74, 6) is 0.0205.